The number of ether oxygens (including phenoxy) is 1. The van der Waals surface area contributed by atoms with Gasteiger partial charge in [-0.05, 0) is 35.5 Å². The predicted molar refractivity (Wildman–Crippen MR) is 84.4 cm³/mol. The van der Waals surface area contributed by atoms with Crippen molar-refractivity contribution < 1.29 is 35.9 Å². The van der Waals surface area contributed by atoms with Gasteiger partial charge in [-0.2, -0.15) is 26.3 Å². The molecular weight excluding hydrogens is 384 g/mol. The maximum absolute atomic E-state index is 13.3. The fourth-order valence-corrected chi connectivity index (χ4v) is 2.97. The van der Waals surface area contributed by atoms with Crippen LogP contribution >= 0.6 is 11.8 Å². The molecule has 1 heterocycles. The summed E-state index contributed by atoms with van der Waals surface area (Å²) in [5.41, 5.74) is -6.35. The SMILES string of the molecule is O=C(/C=C/c1ccc(SC(F)(F)F)cc1)NC1(C(F)(F)F)CCOCC1. The fraction of sp³-hybridized carbons (Fsp3) is 0.438. The average Bonchev–Trinajstić information content (AvgIpc) is 2.53. The van der Waals surface area contributed by atoms with Crippen LogP contribution in [-0.2, 0) is 9.53 Å². The molecule has 1 saturated heterocycles. The van der Waals surface area contributed by atoms with Gasteiger partial charge in [-0.3, -0.25) is 4.79 Å². The summed E-state index contributed by atoms with van der Waals surface area (Å²) >= 11 is -0.281. The minimum atomic E-state index is -4.61. The van der Waals surface area contributed by atoms with Crippen molar-refractivity contribution in [1.29, 1.82) is 0 Å². The van der Waals surface area contributed by atoms with Gasteiger partial charge in [0.25, 0.3) is 0 Å². The molecule has 0 saturated carbocycles. The van der Waals surface area contributed by atoms with E-state index in [9.17, 15) is 31.1 Å². The van der Waals surface area contributed by atoms with Crippen molar-refractivity contribution in [2.45, 2.75) is 35.0 Å². The molecule has 3 nitrogen and oxygen atoms in total. The molecule has 10 heteroatoms. The Labute approximate surface area is 149 Å². The summed E-state index contributed by atoms with van der Waals surface area (Å²) in [6, 6.07) is 5.11. The Bertz CT molecular complexity index is 648. The van der Waals surface area contributed by atoms with Gasteiger partial charge in [-0.15, -0.1) is 0 Å². The average molecular weight is 399 g/mol. The molecule has 0 spiro atoms. The number of rotatable bonds is 4. The molecule has 1 N–H and O–H groups in total. The summed E-state index contributed by atoms with van der Waals surface area (Å²) in [6.45, 7) is -0.219. The van der Waals surface area contributed by atoms with E-state index in [1.807, 2.05) is 5.32 Å². The second-order valence-electron chi connectivity index (χ2n) is 5.63. The van der Waals surface area contributed by atoms with E-state index >= 15 is 0 Å². The third-order valence-electron chi connectivity index (χ3n) is 3.79. The number of carbonyl (C=O) groups excluding carboxylic acids is 1. The summed E-state index contributed by atoms with van der Waals surface area (Å²) in [5, 5.41) is 2.00. The Kier molecular flexibility index (Phi) is 6.28. The van der Waals surface area contributed by atoms with Gasteiger partial charge in [-0.25, -0.2) is 0 Å². The van der Waals surface area contributed by atoms with Crippen molar-refractivity contribution >= 4 is 23.7 Å². The highest BCUT2D eigenvalue weighted by atomic mass is 32.2. The minimum absolute atomic E-state index is 0.0302. The van der Waals surface area contributed by atoms with Gasteiger partial charge in [0, 0.05) is 37.0 Å². The zero-order valence-corrected chi connectivity index (χ0v) is 14.1. The Morgan fingerprint density at radius 1 is 1.08 bits per heavy atom. The van der Waals surface area contributed by atoms with Crippen LogP contribution in [0.15, 0.2) is 35.2 Å². The van der Waals surface area contributed by atoms with Crippen LogP contribution in [0.1, 0.15) is 18.4 Å². The van der Waals surface area contributed by atoms with E-state index in [-0.39, 0.29) is 42.7 Å². The number of carbonyl (C=O) groups is 1. The van der Waals surface area contributed by atoms with Crippen LogP contribution in [0.5, 0.6) is 0 Å². The zero-order chi connectivity index (χ0) is 19.4. The van der Waals surface area contributed by atoms with Crippen molar-refractivity contribution in [3.8, 4) is 0 Å². The van der Waals surface area contributed by atoms with Gasteiger partial charge < -0.3 is 10.1 Å². The molecule has 1 aliphatic rings. The van der Waals surface area contributed by atoms with E-state index in [2.05, 4.69) is 0 Å². The smallest absolute Gasteiger partial charge is 0.381 e. The molecule has 26 heavy (non-hydrogen) atoms. The standard InChI is InChI=1S/C16H15F6NO2S/c17-15(18,19)14(7-9-25-10-8-14)23-13(24)6-3-11-1-4-12(5-2-11)26-16(20,21)22/h1-6H,7-10H2,(H,23,24)/b6-3+. The molecule has 144 valence electrons. The van der Waals surface area contributed by atoms with Crippen LogP contribution in [0, 0.1) is 0 Å². The zero-order valence-electron chi connectivity index (χ0n) is 13.3. The number of alkyl halides is 6. The van der Waals surface area contributed by atoms with E-state index in [0.29, 0.717) is 5.56 Å². The van der Waals surface area contributed by atoms with E-state index in [1.165, 1.54) is 30.3 Å². The molecule has 0 aromatic heterocycles. The Morgan fingerprint density at radius 2 is 1.65 bits per heavy atom. The van der Waals surface area contributed by atoms with Crippen molar-refractivity contribution in [3.05, 3.63) is 35.9 Å². The third kappa shape index (κ3) is 5.66. The summed E-state index contributed by atoms with van der Waals surface area (Å²) < 4.78 is 81.6. The molecule has 1 aliphatic heterocycles. The Morgan fingerprint density at radius 3 is 2.15 bits per heavy atom. The van der Waals surface area contributed by atoms with Crippen LogP contribution in [0.25, 0.3) is 6.08 Å². The van der Waals surface area contributed by atoms with Crippen LogP contribution < -0.4 is 5.32 Å². The molecular formula is C16H15F6NO2S. The van der Waals surface area contributed by atoms with Crippen molar-refractivity contribution in [2.24, 2.45) is 0 Å². The second-order valence-corrected chi connectivity index (χ2v) is 6.77. The highest BCUT2D eigenvalue weighted by Gasteiger charge is 2.55. The number of nitrogens with one attached hydrogen (secondary N) is 1. The topological polar surface area (TPSA) is 38.3 Å². The first-order valence-corrected chi connectivity index (χ1v) is 8.33. The second kappa shape index (κ2) is 7.91. The molecule has 0 radical (unpaired) electrons. The van der Waals surface area contributed by atoms with Crippen LogP contribution in [0.3, 0.4) is 0 Å². The number of halogens is 6. The summed E-state index contributed by atoms with van der Waals surface area (Å²) in [5.74, 6) is -0.932. The lowest BCUT2D eigenvalue weighted by Gasteiger charge is -2.39. The first kappa shape index (κ1) is 20.6. The number of hydrogen-bond donors (Lipinski definition) is 1. The maximum Gasteiger partial charge on any atom is 0.446 e. The Balaban J connectivity index is 2.02. The van der Waals surface area contributed by atoms with Crippen molar-refractivity contribution in [1.82, 2.24) is 5.32 Å². The highest BCUT2D eigenvalue weighted by Crippen LogP contribution is 2.38. The summed E-state index contributed by atoms with van der Waals surface area (Å²) in [4.78, 5) is 11.9. The molecule has 0 atom stereocenters. The first-order chi connectivity index (χ1) is 12.0. The predicted octanol–water partition coefficient (Wildman–Crippen LogP) is 4.54. The lowest BCUT2D eigenvalue weighted by Crippen LogP contribution is -2.61. The van der Waals surface area contributed by atoms with Crippen LogP contribution in [0.2, 0.25) is 0 Å². The number of hydrogen-bond acceptors (Lipinski definition) is 3. The molecule has 0 unspecified atom stereocenters. The summed E-state index contributed by atoms with van der Waals surface area (Å²) in [6.07, 6.45) is -3.20. The highest BCUT2D eigenvalue weighted by molar-refractivity contribution is 8.00. The van der Waals surface area contributed by atoms with Crippen LogP contribution in [0.4, 0.5) is 26.3 Å². The van der Waals surface area contributed by atoms with Crippen LogP contribution in [-0.4, -0.2) is 36.3 Å². The number of amides is 1. The van der Waals surface area contributed by atoms with Gasteiger partial charge >= 0.3 is 11.7 Å². The number of thioether (sulfide) groups is 1. The van der Waals surface area contributed by atoms with Crippen molar-refractivity contribution in [2.75, 3.05) is 13.2 Å². The molecule has 1 amide bonds. The quantitative estimate of drug-likeness (QED) is 0.459. The fourth-order valence-electron chi connectivity index (χ4n) is 2.43. The summed E-state index contributed by atoms with van der Waals surface area (Å²) in [7, 11) is 0. The largest absolute Gasteiger partial charge is 0.446 e. The first-order valence-electron chi connectivity index (χ1n) is 7.51. The molecule has 1 aromatic carbocycles. The van der Waals surface area contributed by atoms with Gasteiger partial charge in [0.15, 0.2) is 0 Å². The molecule has 1 aromatic rings. The van der Waals surface area contributed by atoms with Gasteiger partial charge in [0.1, 0.15) is 5.54 Å². The van der Waals surface area contributed by atoms with Crippen molar-refractivity contribution in [3.63, 3.8) is 0 Å². The van der Waals surface area contributed by atoms with Gasteiger partial charge in [0.2, 0.25) is 5.91 Å². The Hall–Kier alpha value is -1.68. The van der Waals surface area contributed by atoms with E-state index in [0.717, 1.165) is 6.08 Å². The van der Waals surface area contributed by atoms with E-state index < -0.39 is 23.1 Å². The third-order valence-corrected chi connectivity index (χ3v) is 4.53. The number of benzene rings is 1. The monoisotopic (exact) mass is 399 g/mol. The van der Waals surface area contributed by atoms with Gasteiger partial charge in [0.05, 0.1) is 0 Å². The minimum Gasteiger partial charge on any atom is -0.381 e. The van der Waals surface area contributed by atoms with E-state index in [4.69, 9.17) is 4.74 Å². The normalized spacial score (nSPS) is 18.1. The molecule has 0 aliphatic carbocycles. The van der Waals surface area contributed by atoms with Gasteiger partial charge in [-0.1, -0.05) is 12.1 Å². The lowest BCUT2D eigenvalue weighted by atomic mass is 9.89. The van der Waals surface area contributed by atoms with E-state index in [1.54, 1.807) is 0 Å². The lowest BCUT2D eigenvalue weighted by molar-refractivity contribution is -0.216. The molecule has 0 bridgehead atoms. The maximum atomic E-state index is 13.3. The molecule has 2 rings (SSSR count). The molecule has 1 fully saturated rings.